The van der Waals surface area contributed by atoms with Crippen molar-refractivity contribution in [3.63, 3.8) is 0 Å². The van der Waals surface area contributed by atoms with E-state index >= 15 is 0 Å². The van der Waals surface area contributed by atoms with Gasteiger partial charge in [-0.25, -0.2) is 0 Å². The molecule has 0 amide bonds. The maximum Gasteiger partial charge on any atom is 0.0115 e. The van der Waals surface area contributed by atoms with Crippen LogP contribution >= 0.6 is 0 Å². The molecule has 0 saturated heterocycles. The van der Waals surface area contributed by atoms with E-state index in [1.54, 1.807) is 0 Å². The van der Waals surface area contributed by atoms with E-state index in [9.17, 15) is 0 Å². The molecule has 0 saturated carbocycles. The van der Waals surface area contributed by atoms with Crippen molar-refractivity contribution >= 4 is 0 Å². The first-order valence-electron chi connectivity index (χ1n) is 4.66. The largest absolute Gasteiger partial charge is 0.303 e. The molecular formula is C10H23N. The minimum Gasteiger partial charge on any atom is -0.303 e. The molecule has 0 aromatic carbocycles. The molecule has 0 fully saturated rings. The standard InChI is InChI=1S/C10H23N/c1-7-10(4,5)9(3)11(6)8-2/h9H,7-8H2,1-6H3. The predicted molar refractivity (Wildman–Crippen MR) is 51.8 cm³/mol. The molecule has 0 heterocycles. The molecule has 0 N–H and O–H groups in total. The van der Waals surface area contributed by atoms with Crippen LogP contribution in [-0.2, 0) is 0 Å². The van der Waals surface area contributed by atoms with Gasteiger partial charge in [0.15, 0.2) is 0 Å². The first-order chi connectivity index (χ1) is 4.95. The first kappa shape index (κ1) is 11.0. The third kappa shape index (κ3) is 2.82. The smallest absolute Gasteiger partial charge is 0.0115 e. The number of hydrogen-bond donors (Lipinski definition) is 0. The van der Waals surface area contributed by atoms with Gasteiger partial charge in [0.25, 0.3) is 0 Å². The van der Waals surface area contributed by atoms with Crippen LogP contribution in [0.15, 0.2) is 0 Å². The zero-order valence-electron chi connectivity index (χ0n) is 8.94. The lowest BCUT2D eigenvalue weighted by Gasteiger charge is -2.37. The summed E-state index contributed by atoms with van der Waals surface area (Å²) < 4.78 is 0. The van der Waals surface area contributed by atoms with E-state index in [0.717, 1.165) is 6.54 Å². The monoisotopic (exact) mass is 157 g/mol. The Balaban J connectivity index is 4.10. The van der Waals surface area contributed by atoms with Crippen molar-refractivity contribution in [3.05, 3.63) is 0 Å². The van der Waals surface area contributed by atoms with Crippen LogP contribution in [0, 0.1) is 5.41 Å². The third-order valence-corrected chi connectivity index (χ3v) is 3.20. The molecule has 1 atom stereocenters. The van der Waals surface area contributed by atoms with Crippen LogP contribution in [-0.4, -0.2) is 24.5 Å². The van der Waals surface area contributed by atoms with Crippen LogP contribution < -0.4 is 0 Å². The zero-order chi connectivity index (χ0) is 9.07. The quantitative estimate of drug-likeness (QED) is 0.606. The van der Waals surface area contributed by atoms with Crippen LogP contribution in [0.2, 0.25) is 0 Å². The third-order valence-electron chi connectivity index (χ3n) is 3.20. The average molecular weight is 157 g/mol. The summed E-state index contributed by atoms with van der Waals surface area (Å²) >= 11 is 0. The first-order valence-corrected chi connectivity index (χ1v) is 4.66. The number of hydrogen-bond acceptors (Lipinski definition) is 1. The Bertz CT molecular complexity index is 107. The van der Waals surface area contributed by atoms with Crippen molar-refractivity contribution in [1.29, 1.82) is 0 Å². The summed E-state index contributed by atoms with van der Waals surface area (Å²) in [6.07, 6.45) is 1.25. The molecule has 0 rings (SSSR count). The fourth-order valence-electron chi connectivity index (χ4n) is 1.17. The average Bonchev–Trinajstić information content (AvgIpc) is 2.01. The van der Waals surface area contributed by atoms with Gasteiger partial charge in [-0.05, 0) is 32.4 Å². The maximum absolute atomic E-state index is 2.41. The highest BCUT2D eigenvalue weighted by Gasteiger charge is 2.25. The summed E-state index contributed by atoms with van der Waals surface area (Å²) in [6, 6.07) is 0.678. The van der Waals surface area contributed by atoms with Crippen molar-refractivity contribution in [2.24, 2.45) is 5.41 Å². The number of nitrogens with zero attached hydrogens (tertiary/aromatic N) is 1. The van der Waals surface area contributed by atoms with Crippen molar-refractivity contribution in [2.45, 2.75) is 47.1 Å². The van der Waals surface area contributed by atoms with Gasteiger partial charge in [0.2, 0.25) is 0 Å². The highest BCUT2D eigenvalue weighted by atomic mass is 15.1. The van der Waals surface area contributed by atoms with E-state index in [1.165, 1.54) is 6.42 Å². The summed E-state index contributed by atoms with van der Waals surface area (Å²) in [5.41, 5.74) is 0.449. The molecule has 1 heteroatoms. The fraction of sp³-hybridized carbons (Fsp3) is 1.00. The van der Waals surface area contributed by atoms with E-state index < -0.39 is 0 Å². The summed E-state index contributed by atoms with van der Waals surface area (Å²) in [4.78, 5) is 2.41. The maximum atomic E-state index is 2.41. The molecule has 0 aliphatic rings. The van der Waals surface area contributed by atoms with Crippen LogP contribution in [0.4, 0.5) is 0 Å². The second kappa shape index (κ2) is 4.10. The summed E-state index contributed by atoms with van der Waals surface area (Å²) in [7, 11) is 2.20. The van der Waals surface area contributed by atoms with Gasteiger partial charge < -0.3 is 4.90 Å². The Hall–Kier alpha value is -0.0400. The second-order valence-corrected chi connectivity index (χ2v) is 4.09. The van der Waals surface area contributed by atoms with Crippen molar-refractivity contribution in [3.8, 4) is 0 Å². The Morgan fingerprint density at radius 2 is 1.73 bits per heavy atom. The van der Waals surface area contributed by atoms with Crippen LogP contribution in [0.25, 0.3) is 0 Å². The van der Waals surface area contributed by atoms with E-state index in [-0.39, 0.29) is 0 Å². The van der Waals surface area contributed by atoms with E-state index in [0.29, 0.717) is 11.5 Å². The van der Waals surface area contributed by atoms with Crippen LogP contribution in [0.1, 0.15) is 41.0 Å². The Kier molecular flexibility index (Phi) is 4.09. The summed E-state index contributed by atoms with van der Waals surface area (Å²) in [5, 5.41) is 0. The molecular weight excluding hydrogens is 134 g/mol. The molecule has 0 aromatic heterocycles. The summed E-state index contributed by atoms with van der Waals surface area (Å²) in [5.74, 6) is 0. The van der Waals surface area contributed by atoms with Gasteiger partial charge in [-0.15, -0.1) is 0 Å². The summed E-state index contributed by atoms with van der Waals surface area (Å²) in [6.45, 7) is 12.6. The minimum absolute atomic E-state index is 0.449. The topological polar surface area (TPSA) is 3.24 Å². The van der Waals surface area contributed by atoms with Gasteiger partial charge in [0.1, 0.15) is 0 Å². The van der Waals surface area contributed by atoms with Gasteiger partial charge in [-0.3, -0.25) is 0 Å². The Labute approximate surface area is 71.8 Å². The van der Waals surface area contributed by atoms with Crippen LogP contribution in [0.3, 0.4) is 0 Å². The molecule has 0 aliphatic heterocycles. The number of rotatable bonds is 4. The highest BCUT2D eigenvalue weighted by Crippen LogP contribution is 2.27. The molecule has 11 heavy (non-hydrogen) atoms. The van der Waals surface area contributed by atoms with Gasteiger partial charge >= 0.3 is 0 Å². The van der Waals surface area contributed by atoms with E-state index in [4.69, 9.17) is 0 Å². The van der Waals surface area contributed by atoms with Crippen molar-refractivity contribution in [2.75, 3.05) is 13.6 Å². The molecule has 0 aliphatic carbocycles. The SMILES string of the molecule is CCN(C)C(C)C(C)(C)CC. The van der Waals surface area contributed by atoms with Gasteiger partial charge in [-0.2, -0.15) is 0 Å². The van der Waals surface area contributed by atoms with E-state index in [1.807, 2.05) is 0 Å². The predicted octanol–water partition coefficient (Wildman–Crippen LogP) is 2.76. The van der Waals surface area contributed by atoms with Crippen LogP contribution in [0.5, 0.6) is 0 Å². The van der Waals surface area contributed by atoms with E-state index in [2.05, 4.69) is 46.6 Å². The molecule has 0 spiro atoms. The Morgan fingerprint density at radius 3 is 2.00 bits per heavy atom. The normalized spacial score (nSPS) is 15.5. The van der Waals surface area contributed by atoms with Crippen molar-refractivity contribution in [1.82, 2.24) is 4.90 Å². The van der Waals surface area contributed by atoms with Gasteiger partial charge in [-0.1, -0.05) is 27.7 Å². The molecule has 68 valence electrons. The second-order valence-electron chi connectivity index (χ2n) is 4.09. The molecule has 0 radical (unpaired) electrons. The van der Waals surface area contributed by atoms with Gasteiger partial charge in [0, 0.05) is 6.04 Å². The Morgan fingerprint density at radius 1 is 1.27 bits per heavy atom. The molecule has 0 bridgehead atoms. The lowest BCUT2D eigenvalue weighted by molar-refractivity contribution is 0.127. The van der Waals surface area contributed by atoms with Crippen molar-refractivity contribution < 1.29 is 0 Å². The highest BCUT2D eigenvalue weighted by molar-refractivity contribution is 4.79. The lowest BCUT2D eigenvalue weighted by Crippen LogP contribution is -2.40. The fourth-order valence-corrected chi connectivity index (χ4v) is 1.17. The molecule has 1 unspecified atom stereocenters. The molecule has 0 aromatic rings. The molecule has 1 nitrogen and oxygen atoms in total. The zero-order valence-corrected chi connectivity index (χ0v) is 8.94. The van der Waals surface area contributed by atoms with Gasteiger partial charge in [0.05, 0.1) is 0 Å². The lowest BCUT2D eigenvalue weighted by atomic mass is 9.82. The minimum atomic E-state index is 0.449.